The van der Waals surface area contributed by atoms with E-state index in [1.54, 1.807) is 0 Å². The van der Waals surface area contributed by atoms with Crippen molar-refractivity contribution in [1.82, 2.24) is 5.32 Å². The van der Waals surface area contributed by atoms with Gasteiger partial charge in [-0.1, -0.05) is 13.8 Å². The predicted octanol–water partition coefficient (Wildman–Crippen LogP) is 1.99. The Morgan fingerprint density at radius 3 is 2.48 bits per heavy atom. The Balaban J connectivity index is 2.63. The molecule has 0 spiro atoms. The predicted molar refractivity (Wildman–Crippen MR) is 73.9 cm³/mol. The van der Waals surface area contributed by atoms with Gasteiger partial charge in [0.2, 0.25) is 5.91 Å². The molecule has 0 heterocycles. The highest BCUT2D eigenvalue weighted by Gasteiger charge is 2.21. The summed E-state index contributed by atoms with van der Waals surface area (Å²) in [5.74, 6) is -3.27. The first kappa shape index (κ1) is 17.0. The van der Waals surface area contributed by atoms with E-state index in [-0.39, 0.29) is 18.0 Å². The minimum absolute atomic E-state index is 0.186. The Labute approximate surface area is 121 Å². The average Bonchev–Trinajstić information content (AvgIpc) is 2.37. The summed E-state index contributed by atoms with van der Waals surface area (Å²) in [6, 6.07) is 1.67. The third-order valence-electron chi connectivity index (χ3n) is 2.67. The molecule has 1 amide bonds. The maximum atomic E-state index is 13.4. The van der Waals surface area contributed by atoms with Crippen LogP contribution in [0.3, 0.4) is 0 Å². The van der Waals surface area contributed by atoms with Crippen LogP contribution in [0.1, 0.15) is 20.3 Å². The minimum Gasteiger partial charge on any atom is -0.480 e. The molecule has 1 unspecified atom stereocenters. The van der Waals surface area contributed by atoms with Crippen molar-refractivity contribution in [3.63, 3.8) is 0 Å². The second kappa shape index (κ2) is 7.68. The molecule has 116 valence electrons. The van der Waals surface area contributed by atoms with E-state index in [2.05, 4.69) is 10.6 Å². The minimum atomic E-state index is -1.16. The van der Waals surface area contributed by atoms with Crippen LogP contribution in [0.4, 0.5) is 14.5 Å². The monoisotopic (exact) mass is 300 g/mol. The fourth-order valence-corrected chi connectivity index (χ4v) is 1.60. The molecule has 7 heteroatoms. The summed E-state index contributed by atoms with van der Waals surface area (Å²) < 4.78 is 26.1. The lowest BCUT2D eigenvalue weighted by atomic mass is 10.1. The molecule has 3 N–H and O–H groups in total. The quantitative estimate of drug-likeness (QED) is 0.719. The zero-order chi connectivity index (χ0) is 16.0. The Bertz CT molecular complexity index is 521. The van der Waals surface area contributed by atoms with Gasteiger partial charge in [0, 0.05) is 6.07 Å². The summed E-state index contributed by atoms with van der Waals surface area (Å²) in [6.45, 7) is 4.24. The number of rotatable bonds is 7. The number of carbonyl (C=O) groups is 2. The van der Waals surface area contributed by atoms with Gasteiger partial charge >= 0.3 is 5.97 Å². The van der Waals surface area contributed by atoms with Gasteiger partial charge in [-0.2, -0.15) is 0 Å². The number of carboxylic acid groups (broad SMARTS) is 1. The third-order valence-corrected chi connectivity index (χ3v) is 2.67. The molecule has 1 rings (SSSR count). The van der Waals surface area contributed by atoms with E-state index in [1.165, 1.54) is 0 Å². The van der Waals surface area contributed by atoms with Crippen molar-refractivity contribution in [3.05, 3.63) is 29.8 Å². The molecule has 1 atom stereocenters. The Hall–Kier alpha value is -2.02. The van der Waals surface area contributed by atoms with Crippen molar-refractivity contribution in [2.24, 2.45) is 5.92 Å². The molecule has 21 heavy (non-hydrogen) atoms. The van der Waals surface area contributed by atoms with E-state index in [1.807, 2.05) is 13.8 Å². The molecule has 0 aromatic heterocycles. The first-order chi connectivity index (χ1) is 9.79. The lowest BCUT2D eigenvalue weighted by Gasteiger charge is -2.16. The second-order valence-electron chi connectivity index (χ2n) is 5.07. The summed E-state index contributed by atoms with van der Waals surface area (Å²) in [5, 5.41) is 14.0. The number of hydrogen-bond acceptors (Lipinski definition) is 3. The zero-order valence-corrected chi connectivity index (χ0v) is 11.8. The molecule has 0 fully saturated rings. The lowest BCUT2D eigenvalue weighted by molar-refractivity contribution is -0.141. The molecule has 0 saturated carbocycles. The van der Waals surface area contributed by atoms with E-state index in [0.29, 0.717) is 12.6 Å². The van der Waals surface area contributed by atoms with Crippen LogP contribution in [-0.2, 0) is 9.59 Å². The van der Waals surface area contributed by atoms with E-state index in [9.17, 15) is 18.4 Å². The van der Waals surface area contributed by atoms with Crippen LogP contribution in [0, 0.1) is 17.6 Å². The molecule has 1 aromatic rings. The third kappa shape index (κ3) is 5.86. The fourth-order valence-electron chi connectivity index (χ4n) is 1.60. The van der Waals surface area contributed by atoms with Crippen LogP contribution in [0.5, 0.6) is 0 Å². The average molecular weight is 300 g/mol. The summed E-state index contributed by atoms with van der Waals surface area (Å²) in [5.41, 5.74) is -0.186. The Kier molecular flexibility index (Phi) is 6.23. The fraction of sp³-hybridized carbons (Fsp3) is 0.429. The summed E-state index contributed by atoms with van der Waals surface area (Å²) in [4.78, 5) is 22.8. The lowest BCUT2D eigenvalue weighted by Crippen LogP contribution is -2.41. The van der Waals surface area contributed by atoms with Gasteiger partial charge in [0.05, 0.1) is 12.1 Å². The first-order valence-corrected chi connectivity index (χ1v) is 6.50. The Morgan fingerprint density at radius 1 is 1.29 bits per heavy atom. The number of anilines is 1. The smallest absolute Gasteiger partial charge is 0.321 e. The van der Waals surface area contributed by atoms with Crippen molar-refractivity contribution in [3.8, 4) is 0 Å². The van der Waals surface area contributed by atoms with Gasteiger partial charge < -0.3 is 15.7 Å². The van der Waals surface area contributed by atoms with Gasteiger partial charge in [0.15, 0.2) is 0 Å². The van der Waals surface area contributed by atoms with Crippen molar-refractivity contribution in [2.75, 3.05) is 11.9 Å². The van der Waals surface area contributed by atoms with Crippen molar-refractivity contribution in [2.45, 2.75) is 26.3 Å². The molecule has 0 aliphatic heterocycles. The molecule has 0 radical (unpaired) electrons. The number of carboxylic acids is 1. The van der Waals surface area contributed by atoms with Crippen molar-refractivity contribution >= 4 is 17.6 Å². The maximum Gasteiger partial charge on any atom is 0.321 e. The van der Waals surface area contributed by atoms with Gasteiger partial charge in [-0.3, -0.25) is 9.59 Å². The molecule has 1 aromatic carbocycles. The number of halogens is 2. The number of nitrogens with one attached hydrogen (secondary N) is 2. The van der Waals surface area contributed by atoms with Crippen LogP contribution in [-0.4, -0.2) is 29.6 Å². The first-order valence-electron chi connectivity index (χ1n) is 6.50. The largest absolute Gasteiger partial charge is 0.480 e. The standard InChI is InChI=1S/C14H18F2N2O3/c1-8(2)7-17-12(14(20)21)6-13(19)18-11-4-3-9(15)5-10(11)16/h3-5,8,12,17H,6-7H2,1-2H3,(H,18,19)(H,20,21). The second-order valence-corrected chi connectivity index (χ2v) is 5.07. The Morgan fingerprint density at radius 2 is 1.95 bits per heavy atom. The zero-order valence-electron chi connectivity index (χ0n) is 11.8. The highest BCUT2D eigenvalue weighted by Crippen LogP contribution is 2.15. The summed E-state index contributed by atoms with van der Waals surface area (Å²) in [6.07, 6.45) is -0.348. The van der Waals surface area contributed by atoms with Gasteiger partial charge in [-0.15, -0.1) is 0 Å². The topological polar surface area (TPSA) is 78.4 Å². The maximum absolute atomic E-state index is 13.4. The normalized spacial score (nSPS) is 12.2. The number of carbonyl (C=O) groups excluding carboxylic acids is 1. The molecule has 0 aliphatic carbocycles. The van der Waals surface area contributed by atoms with Crippen molar-refractivity contribution < 1.29 is 23.5 Å². The van der Waals surface area contributed by atoms with Crippen LogP contribution in [0.15, 0.2) is 18.2 Å². The number of hydrogen-bond donors (Lipinski definition) is 3. The van der Waals surface area contributed by atoms with Gasteiger partial charge in [0.25, 0.3) is 0 Å². The van der Waals surface area contributed by atoms with Crippen LogP contribution in [0.2, 0.25) is 0 Å². The molecular formula is C14H18F2N2O3. The molecule has 0 aliphatic rings. The van der Waals surface area contributed by atoms with E-state index >= 15 is 0 Å². The van der Waals surface area contributed by atoms with Gasteiger partial charge in [-0.25, -0.2) is 8.78 Å². The number of aliphatic carboxylic acids is 1. The van der Waals surface area contributed by atoms with Crippen molar-refractivity contribution in [1.29, 1.82) is 0 Å². The molecule has 0 saturated heterocycles. The van der Waals surface area contributed by atoms with Gasteiger partial charge in [-0.05, 0) is 24.6 Å². The summed E-state index contributed by atoms with van der Waals surface area (Å²) >= 11 is 0. The molecule has 5 nitrogen and oxygen atoms in total. The van der Waals surface area contributed by atoms with Gasteiger partial charge in [0.1, 0.15) is 17.7 Å². The number of amides is 1. The molecule has 0 bridgehead atoms. The van der Waals surface area contributed by atoms with E-state index < -0.39 is 29.6 Å². The summed E-state index contributed by atoms with van der Waals surface area (Å²) in [7, 11) is 0. The molecular weight excluding hydrogens is 282 g/mol. The van der Waals surface area contributed by atoms with E-state index in [0.717, 1.165) is 12.1 Å². The van der Waals surface area contributed by atoms with Crippen LogP contribution >= 0.6 is 0 Å². The van der Waals surface area contributed by atoms with Crippen LogP contribution < -0.4 is 10.6 Å². The number of benzene rings is 1. The highest BCUT2D eigenvalue weighted by molar-refractivity contribution is 5.94. The SMILES string of the molecule is CC(C)CNC(CC(=O)Nc1ccc(F)cc1F)C(=O)O. The van der Waals surface area contributed by atoms with E-state index in [4.69, 9.17) is 5.11 Å². The van der Waals surface area contributed by atoms with Crippen LogP contribution in [0.25, 0.3) is 0 Å². The highest BCUT2D eigenvalue weighted by atomic mass is 19.1.